The molecular formula is C15H22N4O. The van der Waals surface area contributed by atoms with E-state index in [4.69, 9.17) is 11.5 Å². The third kappa shape index (κ3) is 2.58. The molecule has 1 aromatic carbocycles. The lowest BCUT2D eigenvalue weighted by molar-refractivity contribution is 0.0372. The van der Waals surface area contributed by atoms with Crippen LogP contribution in [-0.2, 0) is 0 Å². The van der Waals surface area contributed by atoms with E-state index < -0.39 is 0 Å². The van der Waals surface area contributed by atoms with Crippen LogP contribution in [0.5, 0.6) is 0 Å². The van der Waals surface area contributed by atoms with Gasteiger partial charge in [-0.15, -0.1) is 0 Å². The van der Waals surface area contributed by atoms with E-state index in [1.54, 1.807) is 18.2 Å². The maximum absolute atomic E-state index is 12.6. The summed E-state index contributed by atoms with van der Waals surface area (Å²) >= 11 is 0. The van der Waals surface area contributed by atoms with Gasteiger partial charge in [0.25, 0.3) is 5.91 Å². The Balaban J connectivity index is 1.74. The van der Waals surface area contributed by atoms with Crippen LogP contribution in [0, 0.1) is 0 Å². The molecule has 1 amide bonds. The first-order chi connectivity index (χ1) is 9.63. The minimum Gasteiger partial charge on any atom is -0.399 e. The van der Waals surface area contributed by atoms with Crippen molar-refractivity contribution >= 4 is 17.3 Å². The summed E-state index contributed by atoms with van der Waals surface area (Å²) < 4.78 is 0. The molecule has 1 unspecified atom stereocenters. The number of nitrogens with zero attached hydrogens (tertiary/aromatic N) is 2. The third-order valence-electron chi connectivity index (χ3n) is 4.35. The highest BCUT2D eigenvalue weighted by molar-refractivity contribution is 5.96. The third-order valence-corrected chi connectivity index (χ3v) is 4.35. The Kier molecular flexibility index (Phi) is 3.53. The number of fused-ring (bicyclic) bond motifs is 1. The highest BCUT2D eigenvalue weighted by atomic mass is 16.2. The SMILES string of the molecule is Nc1cc(N)cc(C(=O)N2CCN3CCCCC3C2)c1. The first-order valence-electron chi connectivity index (χ1n) is 7.33. The van der Waals surface area contributed by atoms with Crippen LogP contribution in [0.4, 0.5) is 11.4 Å². The van der Waals surface area contributed by atoms with Crippen molar-refractivity contribution in [3.05, 3.63) is 23.8 Å². The van der Waals surface area contributed by atoms with Gasteiger partial charge in [-0.3, -0.25) is 9.69 Å². The number of piperazine rings is 1. The number of carbonyl (C=O) groups excluding carboxylic acids is 1. The highest BCUT2D eigenvalue weighted by Crippen LogP contribution is 2.23. The number of hydrogen-bond acceptors (Lipinski definition) is 4. The van der Waals surface area contributed by atoms with Gasteiger partial charge in [0.15, 0.2) is 0 Å². The molecule has 0 aromatic heterocycles. The van der Waals surface area contributed by atoms with Crippen molar-refractivity contribution in [2.24, 2.45) is 0 Å². The van der Waals surface area contributed by atoms with Gasteiger partial charge >= 0.3 is 0 Å². The van der Waals surface area contributed by atoms with Gasteiger partial charge in [0.2, 0.25) is 0 Å². The molecule has 2 fully saturated rings. The summed E-state index contributed by atoms with van der Waals surface area (Å²) in [4.78, 5) is 17.0. The van der Waals surface area contributed by atoms with Crippen molar-refractivity contribution in [3.8, 4) is 0 Å². The Morgan fingerprint density at radius 3 is 2.55 bits per heavy atom. The molecule has 1 atom stereocenters. The van der Waals surface area contributed by atoms with Crippen LogP contribution in [0.2, 0.25) is 0 Å². The molecule has 0 bridgehead atoms. The number of carbonyl (C=O) groups is 1. The number of rotatable bonds is 1. The smallest absolute Gasteiger partial charge is 0.254 e. The molecule has 2 saturated heterocycles. The largest absolute Gasteiger partial charge is 0.399 e. The Morgan fingerprint density at radius 1 is 1.05 bits per heavy atom. The summed E-state index contributed by atoms with van der Waals surface area (Å²) in [5.74, 6) is 0.0502. The summed E-state index contributed by atoms with van der Waals surface area (Å²) in [5.41, 5.74) is 13.2. The van der Waals surface area contributed by atoms with E-state index in [1.165, 1.54) is 25.8 Å². The number of hydrogen-bond donors (Lipinski definition) is 2. The van der Waals surface area contributed by atoms with E-state index in [2.05, 4.69) is 4.90 Å². The summed E-state index contributed by atoms with van der Waals surface area (Å²) in [6, 6.07) is 5.63. The zero-order valence-electron chi connectivity index (χ0n) is 11.7. The second-order valence-electron chi connectivity index (χ2n) is 5.83. The van der Waals surface area contributed by atoms with E-state index >= 15 is 0 Å². The van der Waals surface area contributed by atoms with Gasteiger partial charge < -0.3 is 16.4 Å². The number of nitrogens with two attached hydrogens (primary N) is 2. The molecule has 5 nitrogen and oxygen atoms in total. The molecule has 5 heteroatoms. The van der Waals surface area contributed by atoms with Crippen molar-refractivity contribution in [2.75, 3.05) is 37.6 Å². The Morgan fingerprint density at radius 2 is 1.80 bits per heavy atom. The molecule has 2 heterocycles. The van der Waals surface area contributed by atoms with E-state index in [1.807, 2.05) is 4.90 Å². The van der Waals surface area contributed by atoms with Gasteiger partial charge in [0, 0.05) is 42.6 Å². The first kappa shape index (κ1) is 13.2. The molecule has 2 aliphatic rings. The number of benzene rings is 1. The van der Waals surface area contributed by atoms with E-state index in [0.29, 0.717) is 23.0 Å². The van der Waals surface area contributed by atoms with Crippen molar-refractivity contribution in [2.45, 2.75) is 25.3 Å². The van der Waals surface area contributed by atoms with Crippen LogP contribution in [0.3, 0.4) is 0 Å². The van der Waals surface area contributed by atoms with E-state index in [-0.39, 0.29) is 5.91 Å². The molecule has 20 heavy (non-hydrogen) atoms. The van der Waals surface area contributed by atoms with Crippen LogP contribution in [0.1, 0.15) is 29.6 Å². The summed E-state index contributed by atoms with van der Waals surface area (Å²) in [7, 11) is 0. The zero-order valence-corrected chi connectivity index (χ0v) is 11.7. The lowest BCUT2D eigenvalue weighted by atomic mass is 9.99. The Hall–Kier alpha value is -1.75. The van der Waals surface area contributed by atoms with Crippen molar-refractivity contribution in [1.82, 2.24) is 9.80 Å². The molecule has 0 saturated carbocycles. The molecule has 1 aromatic rings. The second kappa shape index (κ2) is 5.32. The molecular weight excluding hydrogens is 252 g/mol. The Bertz CT molecular complexity index is 496. The van der Waals surface area contributed by atoms with Gasteiger partial charge in [0.05, 0.1) is 0 Å². The van der Waals surface area contributed by atoms with Crippen LogP contribution in [-0.4, -0.2) is 47.9 Å². The zero-order chi connectivity index (χ0) is 14.1. The minimum absolute atomic E-state index is 0.0502. The average molecular weight is 274 g/mol. The lowest BCUT2D eigenvalue weighted by Gasteiger charge is -2.44. The summed E-state index contributed by atoms with van der Waals surface area (Å²) in [6.07, 6.45) is 3.76. The van der Waals surface area contributed by atoms with Gasteiger partial charge in [-0.2, -0.15) is 0 Å². The van der Waals surface area contributed by atoms with Gasteiger partial charge in [0.1, 0.15) is 0 Å². The summed E-state index contributed by atoms with van der Waals surface area (Å²) in [6.45, 7) is 3.78. The maximum atomic E-state index is 12.6. The normalized spacial score (nSPS) is 23.4. The second-order valence-corrected chi connectivity index (χ2v) is 5.83. The van der Waals surface area contributed by atoms with E-state index in [0.717, 1.165) is 19.6 Å². The average Bonchev–Trinajstić information content (AvgIpc) is 2.45. The first-order valence-corrected chi connectivity index (χ1v) is 7.33. The van der Waals surface area contributed by atoms with E-state index in [9.17, 15) is 4.79 Å². The predicted molar refractivity (Wildman–Crippen MR) is 80.4 cm³/mol. The standard InChI is InChI=1S/C15H22N4O/c16-12-7-11(8-13(17)9-12)15(20)19-6-5-18-4-2-1-3-14(18)10-19/h7-9,14H,1-6,10,16-17H2. The molecule has 4 N–H and O–H groups in total. The molecule has 2 aliphatic heterocycles. The number of piperidine rings is 1. The highest BCUT2D eigenvalue weighted by Gasteiger charge is 2.31. The number of amides is 1. The van der Waals surface area contributed by atoms with Crippen LogP contribution < -0.4 is 11.5 Å². The van der Waals surface area contributed by atoms with Gasteiger partial charge in [-0.1, -0.05) is 6.42 Å². The van der Waals surface area contributed by atoms with Crippen molar-refractivity contribution < 1.29 is 4.79 Å². The van der Waals surface area contributed by atoms with Crippen LogP contribution in [0.15, 0.2) is 18.2 Å². The predicted octanol–water partition coefficient (Wildman–Crippen LogP) is 1.16. The fourth-order valence-corrected chi connectivity index (χ4v) is 3.32. The molecule has 3 rings (SSSR count). The number of nitrogen functional groups attached to an aromatic ring is 2. The van der Waals surface area contributed by atoms with Crippen molar-refractivity contribution in [3.63, 3.8) is 0 Å². The lowest BCUT2D eigenvalue weighted by Crippen LogP contribution is -2.56. The maximum Gasteiger partial charge on any atom is 0.254 e. The summed E-state index contributed by atoms with van der Waals surface area (Å²) in [5, 5.41) is 0. The van der Waals surface area contributed by atoms with Gasteiger partial charge in [-0.05, 0) is 37.6 Å². The quantitative estimate of drug-likeness (QED) is 0.754. The molecule has 0 radical (unpaired) electrons. The fraction of sp³-hybridized carbons (Fsp3) is 0.533. The minimum atomic E-state index is 0.0502. The fourth-order valence-electron chi connectivity index (χ4n) is 3.32. The monoisotopic (exact) mass is 274 g/mol. The number of anilines is 2. The van der Waals surface area contributed by atoms with Gasteiger partial charge in [-0.25, -0.2) is 0 Å². The molecule has 108 valence electrons. The van der Waals surface area contributed by atoms with Crippen LogP contribution >= 0.6 is 0 Å². The Labute approximate surface area is 119 Å². The van der Waals surface area contributed by atoms with Crippen molar-refractivity contribution in [1.29, 1.82) is 0 Å². The molecule has 0 aliphatic carbocycles. The topological polar surface area (TPSA) is 75.6 Å². The van der Waals surface area contributed by atoms with Crippen LogP contribution in [0.25, 0.3) is 0 Å². The molecule has 0 spiro atoms.